The van der Waals surface area contributed by atoms with Gasteiger partial charge in [0.05, 0.1) is 34.3 Å². The van der Waals surface area contributed by atoms with E-state index in [1.165, 1.54) is 42.6 Å². The van der Waals surface area contributed by atoms with Crippen LogP contribution in [0.5, 0.6) is 5.75 Å². The van der Waals surface area contributed by atoms with E-state index in [0.717, 1.165) is 22.6 Å². The molecule has 0 spiro atoms. The Labute approximate surface area is 224 Å². The number of aliphatic hydroxyl groups excluding tert-OH is 1. The Hall–Kier alpha value is -3.19. The van der Waals surface area contributed by atoms with Crippen LogP contribution >= 0.6 is 22.6 Å². The van der Waals surface area contributed by atoms with Crippen molar-refractivity contribution in [1.82, 2.24) is 4.98 Å². The predicted octanol–water partition coefficient (Wildman–Crippen LogP) is 5.67. The molecule has 3 aromatic rings. The van der Waals surface area contributed by atoms with E-state index in [1.807, 2.05) is 4.90 Å². The Bertz CT molecular complexity index is 1320. The summed E-state index contributed by atoms with van der Waals surface area (Å²) in [6.45, 7) is 2.53. The molecule has 1 fully saturated rings. The van der Waals surface area contributed by atoms with Crippen molar-refractivity contribution in [2.45, 2.75) is 30.0 Å². The molecule has 0 radical (unpaired) electrons. The van der Waals surface area contributed by atoms with Gasteiger partial charge in [-0.1, -0.05) is 6.92 Å². The number of hydrogen-bond donors (Lipinski definition) is 2. The topological polar surface area (TPSA) is 91.8 Å². The van der Waals surface area contributed by atoms with Crippen LogP contribution < -0.4 is 15.0 Å². The van der Waals surface area contributed by atoms with Crippen LogP contribution in [0, 0.1) is 5.82 Å². The molecule has 194 valence electrons. The summed E-state index contributed by atoms with van der Waals surface area (Å²) in [5.74, 6) is -0.975. The summed E-state index contributed by atoms with van der Waals surface area (Å²) in [5.41, 5.74) is 1.50. The van der Waals surface area contributed by atoms with E-state index in [4.69, 9.17) is 0 Å². The van der Waals surface area contributed by atoms with Crippen LogP contribution in [0.1, 0.15) is 40.5 Å². The lowest BCUT2D eigenvalue weighted by atomic mass is 9.99. The molecule has 1 atom stereocenters. The van der Waals surface area contributed by atoms with Gasteiger partial charge in [0.2, 0.25) is 0 Å². The number of aliphatic hydroxyl groups is 1. The second kappa shape index (κ2) is 11.1. The summed E-state index contributed by atoms with van der Waals surface area (Å²) >= 11 is 0.859. The van der Waals surface area contributed by atoms with E-state index < -0.39 is 21.9 Å². The number of nitrogens with zero attached hydrogens (tertiary/aromatic N) is 2. The van der Waals surface area contributed by atoms with Crippen molar-refractivity contribution >= 4 is 45.8 Å². The van der Waals surface area contributed by atoms with Crippen molar-refractivity contribution in [3.8, 4) is 16.9 Å². The number of ketones is 1. The zero-order valence-corrected chi connectivity index (χ0v) is 21.8. The van der Waals surface area contributed by atoms with E-state index in [1.54, 1.807) is 19.1 Å². The molecule has 11 heteroatoms. The van der Waals surface area contributed by atoms with E-state index in [2.05, 4.69) is 15.0 Å². The second-order valence-corrected chi connectivity index (χ2v) is 9.77. The summed E-state index contributed by atoms with van der Waals surface area (Å²) in [4.78, 5) is 31.6. The van der Waals surface area contributed by atoms with E-state index in [9.17, 15) is 27.9 Å². The first-order valence-electron chi connectivity index (χ1n) is 11.5. The molecule has 37 heavy (non-hydrogen) atoms. The van der Waals surface area contributed by atoms with Gasteiger partial charge in [0.1, 0.15) is 17.4 Å². The summed E-state index contributed by atoms with van der Waals surface area (Å²) in [6.07, 6.45) is 1.56. The number of aromatic nitrogens is 1. The van der Waals surface area contributed by atoms with Crippen LogP contribution in [0.15, 0.2) is 54.7 Å². The molecule has 2 aromatic carbocycles. The Morgan fingerprint density at radius 3 is 2.54 bits per heavy atom. The Morgan fingerprint density at radius 1 is 1.19 bits per heavy atom. The molecule has 1 amide bonds. The number of pyridine rings is 1. The van der Waals surface area contributed by atoms with Crippen LogP contribution in [-0.2, 0) is 0 Å². The summed E-state index contributed by atoms with van der Waals surface area (Å²) < 4.78 is 41.7. The summed E-state index contributed by atoms with van der Waals surface area (Å²) in [7, 11) is 0. The van der Waals surface area contributed by atoms with Crippen molar-refractivity contribution in [3.63, 3.8) is 0 Å². The number of ether oxygens (including phenoxy) is 1. The van der Waals surface area contributed by atoms with E-state index in [0.29, 0.717) is 42.1 Å². The molecular formula is C26H23F3IN3O4. The van der Waals surface area contributed by atoms with Gasteiger partial charge in [0.15, 0.2) is 5.78 Å². The molecule has 2 heterocycles. The van der Waals surface area contributed by atoms with Gasteiger partial charge < -0.3 is 20.1 Å². The standard InChI is InChI=1S/C26H23F3IN3O4/c1-2-23(35)16-9-15(10-18(27)11-16)22-12-17(13-31-24(22)33-8-7-20(34)14-33)25(36)32-19-3-5-21(6-4-19)37-26(28,29)30/h3-6,9-13,20,34H,2,7-8,14H2,1H3,(H,32,36)/t20-/m1/s1. The van der Waals surface area contributed by atoms with Crippen LogP contribution in [0.3, 0.4) is 0 Å². The van der Waals surface area contributed by atoms with Crippen LogP contribution in [0.4, 0.5) is 24.7 Å². The number of Topliss-reactive ketones (excluding diaryl/α,β-unsaturated/α-hetero) is 1. The number of benzene rings is 2. The normalized spacial score (nSPS) is 15.5. The Kier molecular flexibility index (Phi) is 8.02. The molecule has 7 nitrogen and oxygen atoms in total. The minimum atomic E-state index is -3.36. The highest BCUT2D eigenvalue weighted by atomic mass is 127. The molecule has 4 rings (SSSR count). The number of rotatable bonds is 8. The maximum atomic E-state index is 14.5. The number of hydrogen-bond acceptors (Lipinski definition) is 6. The fraction of sp³-hybridized carbons (Fsp3) is 0.269. The molecule has 0 aliphatic carbocycles. The van der Waals surface area contributed by atoms with Crippen molar-refractivity contribution in [2.75, 3.05) is 23.3 Å². The first-order valence-corrected chi connectivity index (χ1v) is 12.5. The second-order valence-electron chi connectivity index (χ2n) is 8.52. The van der Waals surface area contributed by atoms with Gasteiger partial charge in [-0.3, -0.25) is 9.59 Å². The zero-order chi connectivity index (χ0) is 26.7. The fourth-order valence-electron chi connectivity index (χ4n) is 4.03. The van der Waals surface area contributed by atoms with Crippen LogP contribution in [0.2, 0.25) is 0 Å². The average Bonchev–Trinajstić information content (AvgIpc) is 3.29. The minimum absolute atomic E-state index is 0.0676. The van der Waals surface area contributed by atoms with Gasteiger partial charge in [-0.05, 0) is 60.5 Å². The lowest BCUT2D eigenvalue weighted by molar-refractivity contribution is -0.0691. The first-order chi connectivity index (χ1) is 17.5. The first kappa shape index (κ1) is 26.9. The number of amides is 1. The SMILES string of the molecule is CCC(=O)c1cc(F)cc(-c2cc(C(=O)Nc3ccc(OC(F)(F)I)cc3)cnc2N2CC[C@@H](O)C2)c1. The lowest BCUT2D eigenvalue weighted by Crippen LogP contribution is -2.23. The van der Waals surface area contributed by atoms with Crippen LogP contribution in [0.25, 0.3) is 11.1 Å². The minimum Gasteiger partial charge on any atom is -0.425 e. The smallest absolute Gasteiger partial charge is 0.425 e. The highest BCUT2D eigenvalue weighted by Gasteiger charge is 2.27. The maximum Gasteiger partial charge on any atom is 0.451 e. The predicted molar refractivity (Wildman–Crippen MR) is 141 cm³/mol. The third-order valence-corrected chi connectivity index (χ3v) is 6.01. The zero-order valence-electron chi connectivity index (χ0n) is 19.7. The number of halogens is 4. The number of nitrogens with one attached hydrogen (secondary N) is 1. The lowest BCUT2D eigenvalue weighted by Gasteiger charge is -2.21. The largest absolute Gasteiger partial charge is 0.451 e. The maximum absolute atomic E-state index is 14.5. The fourth-order valence-corrected chi connectivity index (χ4v) is 4.29. The van der Waals surface area contributed by atoms with Gasteiger partial charge in [0, 0.05) is 42.5 Å². The number of β-amino-alcohol motifs (C(OH)–C–C–N with tert-alkyl or cyclic N) is 1. The Balaban J connectivity index is 1.67. The van der Waals surface area contributed by atoms with Gasteiger partial charge >= 0.3 is 4.12 Å². The molecule has 1 aromatic heterocycles. The van der Waals surface area contributed by atoms with E-state index >= 15 is 0 Å². The van der Waals surface area contributed by atoms with Gasteiger partial charge in [-0.25, -0.2) is 9.37 Å². The molecule has 0 unspecified atom stereocenters. The van der Waals surface area contributed by atoms with Crippen molar-refractivity contribution in [1.29, 1.82) is 0 Å². The third kappa shape index (κ3) is 6.77. The van der Waals surface area contributed by atoms with Gasteiger partial charge in [-0.2, -0.15) is 8.78 Å². The number of carbonyl (C=O) groups is 2. The molecular weight excluding hydrogens is 602 g/mol. The third-order valence-electron chi connectivity index (χ3n) is 5.79. The van der Waals surface area contributed by atoms with Gasteiger partial charge in [-0.15, -0.1) is 0 Å². The van der Waals surface area contributed by atoms with Crippen molar-refractivity contribution < 1.29 is 32.6 Å². The van der Waals surface area contributed by atoms with Crippen LogP contribution in [-0.4, -0.2) is 45.1 Å². The number of alkyl halides is 3. The highest BCUT2D eigenvalue weighted by molar-refractivity contribution is 14.1. The summed E-state index contributed by atoms with van der Waals surface area (Å²) in [6, 6.07) is 11.0. The quantitative estimate of drug-likeness (QED) is 0.191. The highest BCUT2D eigenvalue weighted by Crippen LogP contribution is 2.34. The number of anilines is 2. The molecule has 2 N–H and O–H groups in total. The van der Waals surface area contributed by atoms with Gasteiger partial charge in [0.25, 0.3) is 5.91 Å². The molecule has 1 aliphatic rings. The number of carbonyl (C=O) groups excluding carboxylic acids is 2. The molecule has 1 saturated heterocycles. The van der Waals surface area contributed by atoms with E-state index in [-0.39, 0.29) is 29.1 Å². The molecule has 1 aliphatic heterocycles. The monoisotopic (exact) mass is 625 g/mol. The molecule has 0 saturated carbocycles. The average molecular weight is 625 g/mol. The molecule has 0 bridgehead atoms. The van der Waals surface area contributed by atoms with Crippen molar-refractivity contribution in [3.05, 3.63) is 71.7 Å². The van der Waals surface area contributed by atoms with Crippen molar-refractivity contribution in [2.24, 2.45) is 0 Å². The summed E-state index contributed by atoms with van der Waals surface area (Å²) in [5, 5.41) is 12.7. The Morgan fingerprint density at radius 2 is 1.92 bits per heavy atom.